The van der Waals surface area contributed by atoms with Gasteiger partial charge in [-0.3, -0.25) is 4.98 Å². The van der Waals surface area contributed by atoms with Gasteiger partial charge in [-0.05, 0) is 36.4 Å². The predicted octanol–water partition coefficient (Wildman–Crippen LogP) is 2.32. The fourth-order valence-electron chi connectivity index (χ4n) is 1.53. The number of hydrogen-bond donors (Lipinski definition) is 0. The zero-order valence-electron chi connectivity index (χ0n) is 10.9. The number of carbonyl (C=O) groups excluding carboxylic acids is 1. The van der Waals surface area contributed by atoms with Crippen LogP contribution in [0.25, 0.3) is 0 Å². The number of methoxy groups -OCH3 is 1. The normalized spacial score (nSPS) is 9.60. The number of aromatic nitrogens is 1. The van der Waals surface area contributed by atoms with Gasteiger partial charge in [0.1, 0.15) is 12.4 Å². The highest BCUT2D eigenvalue weighted by atomic mass is 16.5. The summed E-state index contributed by atoms with van der Waals surface area (Å²) in [5.41, 5.74) is 1.68. The first-order valence-corrected chi connectivity index (χ1v) is 5.89. The second-order valence-electron chi connectivity index (χ2n) is 3.95. The third kappa shape index (κ3) is 3.33. The highest BCUT2D eigenvalue weighted by Crippen LogP contribution is 2.13. The minimum Gasteiger partial charge on any atom is -0.487 e. The lowest BCUT2D eigenvalue weighted by Gasteiger charge is -2.06. The van der Waals surface area contributed by atoms with Crippen molar-refractivity contribution in [2.45, 2.75) is 6.61 Å². The fraction of sp³-hybridized carbons (Fsp3) is 0.133. The molecule has 1 heterocycles. The van der Waals surface area contributed by atoms with Crippen LogP contribution in [0, 0.1) is 11.3 Å². The average molecular weight is 268 g/mol. The van der Waals surface area contributed by atoms with Crippen LogP contribution in [-0.4, -0.2) is 18.1 Å². The fourth-order valence-corrected chi connectivity index (χ4v) is 1.53. The van der Waals surface area contributed by atoms with E-state index in [-0.39, 0.29) is 6.61 Å². The molecule has 0 N–H and O–H groups in total. The molecule has 20 heavy (non-hydrogen) atoms. The highest BCUT2D eigenvalue weighted by molar-refractivity contribution is 5.88. The van der Waals surface area contributed by atoms with E-state index in [1.54, 1.807) is 36.4 Å². The summed E-state index contributed by atoms with van der Waals surface area (Å²) in [5.74, 6) is 0.236. The molecule has 0 aliphatic heterocycles. The highest BCUT2D eigenvalue weighted by Gasteiger charge is 2.05. The lowest BCUT2D eigenvalue weighted by Crippen LogP contribution is -2.04. The van der Waals surface area contributed by atoms with Crippen molar-refractivity contribution in [2.75, 3.05) is 7.11 Å². The Morgan fingerprint density at radius 1 is 1.25 bits per heavy atom. The summed E-state index contributed by atoms with van der Waals surface area (Å²) < 4.78 is 10.1. The summed E-state index contributed by atoms with van der Waals surface area (Å²) in [6, 6.07) is 12.2. The Morgan fingerprint density at radius 2 is 2.00 bits per heavy atom. The Bertz CT molecular complexity index is 628. The van der Waals surface area contributed by atoms with Crippen molar-refractivity contribution in [1.29, 1.82) is 5.26 Å². The molecule has 100 valence electrons. The van der Waals surface area contributed by atoms with Gasteiger partial charge < -0.3 is 9.47 Å². The van der Waals surface area contributed by atoms with E-state index in [0.29, 0.717) is 22.6 Å². The maximum absolute atomic E-state index is 11.2. The Kier molecular flexibility index (Phi) is 4.30. The zero-order chi connectivity index (χ0) is 14.4. The van der Waals surface area contributed by atoms with Gasteiger partial charge in [-0.25, -0.2) is 4.79 Å². The van der Waals surface area contributed by atoms with Crippen LogP contribution < -0.4 is 4.74 Å². The average Bonchev–Trinajstić information content (AvgIpc) is 2.53. The monoisotopic (exact) mass is 268 g/mol. The molecule has 0 saturated carbocycles. The van der Waals surface area contributed by atoms with Crippen LogP contribution in [0.15, 0.2) is 42.6 Å². The summed E-state index contributed by atoms with van der Waals surface area (Å²) >= 11 is 0. The van der Waals surface area contributed by atoms with Gasteiger partial charge in [0.25, 0.3) is 0 Å². The van der Waals surface area contributed by atoms with Crippen LogP contribution in [0.4, 0.5) is 0 Å². The standard InChI is InChI=1S/C15H12N2O3/c1-19-15(18)12-4-5-13(17-9-12)10-20-14-6-2-11(8-16)3-7-14/h2-7,9H,10H2,1H3. The molecule has 0 saturated heterocycles. The first kappa shape index (κ1) is 13.6. The molecule has 0 aliphatic rings. The first-order valence-electron chi connectivity index (χ1n) is 5.89. The lowest BCUT2D eigenvalue weighted by molar-refractivity contribution is 0.0600. The van der Waals surface area contributed by atoms with E-state index in [1.165, 1.54) is 13.3 Å². The van der Waals surface area contributed by atoms with Crippen molar-refractivity contribution < 1.29 is 14.3 Å². The Labute approximate surface area is 116 Å². The van der Waals surface area contributed by atoms with Gasteiger partial charge in [-0.15, -0.1) is 0 Å². The molecule has 1 aromatic carbocycles. The van der Waals surface area contributed by atoms with Crippen LogP contribution in [0.1, 0.15) is 21.6 Å². The van der Waals surface area contributed by atoms with E-state index in [0.717, 1.165) is 0 Å². The van der Waals surface area contributed by atoms with Crippen LogP contribution >= 0.6 is 0 Å². The summed E-state index contributed by atoms with van der Waals surface area (Å²) in [4.78, 5) is 15.4. The molecule has 0 amide bonds. The molecular weight excluding hydrogens is 256 g/mol. The summed E-state index contributed by atoms with van der Waals surface area (Å²) in [7, 11) is 1.32. The van der Waals surface area contributed by atoms with Crippen LogP contribution in [0.3, 0.4) is 0 Å². The number of pyridine rings is 1. The van der Waals surface area contributed by atoms with E-state index in [2.05, 4.69) is 9.72 Å². The molecule has 0 unspecified atom stereocenters. The van der Waals surface area contributed by atoms with E-state index in [9.17, 15) is 4.79 Å². The van der Waals surface area contributed by atoms with Gasteiger partial charge in [0, 0.05) is 6.20 Å². The van der Waals surface area contributed by atoms with Crippen molar-refractivity contribution in [2.24, 2.45) is 0 Å². The number of ether oxygens (including phenoxy) is 2. The topological polar surface area (TPSA) is 72.2 Å². The molecule has 0 atom stereocenters. The summed E-state index contributed by atoms with van der Waals surface area (Å²) in [5, 5.41) is 8.69. The third-order valence-corrected chi connectivity index (χ3v) is 2.62. The molecule has 0 aliphatic carbocycles. The van der Waals surface area contributed by atoms with E-state index < -0.39 is 5.97 Å². The largest absolute Gasteiger partial charge is 0.487 e. The molecule has 5 nitrogen and oxygen atoms in total. The molecule has 0 fully saturated rings. The number of rotatable bonds is 4. The van der Waals surface area contributed by atoms with Crippen LogP contribution in [-0.2, 0) is 11.3 Å². The molecule has 1 aromatic heterocycles. The molecule has 0 radical (unpaired) electrons. The maximum Gasteiger partial charge on any atom is 0.339 e. The molecule has 0 spiro atoms. The third-order valence-electron chi connectivity index (χ3n) is 2.62. The quantitative estimate of drug-likeness (QED) is 0.796. The van der Waals surface area contributed by atoms with Gasteiger partial charge in [-0.1, -0.05) is 0 Å². The second kappa shape index (κ2) is 6.34. The van der Waals surface area contributed by atoms with Gasteiger partial charge in [0.05, 0.1) is 30.0 Å². The Balaban J connectivity index is 1.96. The SMILES string of the molecule is COC(=O)c1ccc(COc2ccc(C#N)cc2)nc1. The van der Waals surface area contributed by atoms with Crippen LogP contribution in [0.5, 0.6) is 5.75 Å². The van der Waals surface area contributed by atoms with Crippen molar-refractivity contribution in [1.82, 2.24) is 4.98 Å². The number of nitrogens with zero attached hydrogens (tertiary/aromatic N) is 2. The van der Waals surface area contributed by atoms with E-state index in [4.69, 9.17) is 10.00 Å². The van der Waals surface area contributed by atoms with Gasteiger partial charge in [0.2, 0.25) is 0 Å². The molecular formula is C15H12N2O3. The van der Waals surface area contributed by atoms with Crippen LogP contribution in [0.2, 0.25) is 0 Å². The number of carbonyl (C=O) groups is 1. The minimum absolute atomic E-state index is 0.285. The Hall–Kier alpha value is -2.87. The zero-order valence-corrected chi connectivity index (χ0v) is 10.9. The second-order valence-corrected chi connectivity index (χ2v) is 3.95. The van der Waals surface area contributed by atoms with Gasteiger partial charge >= 0.3 is 5.97 Å². The van der Waals surface area contributed by atoms with Crippen molar-refractivity contribution in [3.63, 3.8) is 0 Å². The number of hydrogen-bond acceptors (Lipinski definition) is 5. The molecule has 2 aromatic rings. The van der Waals surface area contributed by atoms with Crippen molar-refractivity contribution >= 4 is 5.97 Å². The maximum atomic E-state index is 11.2. The number of nitriles is 1. The summed E-state index contributed by atoms with van der Waals surface area (Å²) in [6.45, 7) is 0.285. The molecule has 5 heteroatoms. The number of esters is 1. The Morgan fingerprint density at radius 3 is 2.55 bits per heavy atom. The van der Waals surface area contributed by atoms with E-state index in [1.807, 2.05) is 6.07 Å². The molecule has 2 rings (SSSR count). The lowest BCUT2D eigenvalue weighted by atomic mass is 10.2. The first-order chi connectivity index (χ1) is 9.72. The van der Waals surface area contributed by atoms with Gasteiger partial charge in [-0.2, -0.15) is 5.26 Å². The summed E-state index contributed by atoms with van der Waals surface area (Å²) in [6.07, 6.45) is 1.45. The van der Waals surface area contributed by atoms with E-state index >= 15 is 0 Å². The number of benzene rings is 1. The van der Waals surface area contributed by atoms with Crippen molar-refractivity contribution in [3.05, 3.63) is 59.4 Å². The van der Waals surface area contributed by atoms with Gasteiger partial charge in [0.15, 0.2) is 0 Å². The minimum atomic E-state index is -0.419. The molecule has 0 bridgehead atoms. The van der Waals surface area contributed by atoms with Crippen molar-refractivity contribution in [3.8, 4) is 11.8 Å². The smallest absolute Gasteiger partial charge is 0.339 e. The predicted molar refractivity (Wildman–Crippen MR) is 71.1 cm³/mol.